The molecule has 0 fully saturated rings. The third-order valence-corrected chi connectivity index (χ3v) is 3.95. The highest BCUT2D eigenvalue weighted by Gasteiger charge is 2.24. The normalized spacial score (nSPS) is 15.3. The number of ether oxygens (including phenoxy) is 3. The largest absolute Gasteiger partial charge is 0.493 e. The Labute approximate surface area is 151 Å². The van der Waals surface area contributed by atoms with Gasteiger partial charge >= 0.3 is 0 Å². The van der Waals surface area contributed by atoms with Crippen LogP contribution in [0.15, 0.2) is 54.4 Å². The zero-order valence-electron chi connectivity index (χ0n) is 14.8. The van der Waals surface area contributed by atoms with E-state index in [-0.39, 0.29) is 12.1 Å². The predicted octanol–water partition coefficient (Wildman–Crippen LogP) is 2.33. The maximum atomic E-state index is 12.8. The molecule has 1 aliphatic heterocycles. The summed E-state index contributed by atoms with van der Waals surface area (Å²) in [4.78, 5) is 12.8. The number of carbonyl (C=O) groups is 1. The number of hydrogen-bond donors (Lipinski definition) is 3. The van der Waals surface area contributed by atoms with Crippen molar-refractivity contribution >= 4 is 11.5 Å². The number of methoxy groups -OCH3 is 3. The molecule has 1 heterocycles. The zero-order chi connectivity index (χ0) is 18.5. The second-order valence-corrected chi connectivity index (χ2v) is 5.56. The fourth-order valence-corrected chi connectivity index (χ4v) is 2.68. The Kier molecular flexibility index (Phi) is 5.17. The van der Waals surface area contributed by atoms with Crippen molar-refractivity contribution in [2.45, 2.75) is 6.29 Å². The molecule has 0 aromatic heterocycles. The van der Waals surface area contributed by atoms with Gasteiger partial charge in [0, 0.05) is 17.5 Å². The lowest BCUT2D eigenvalue weighted by atomic mass is 10.1. The second-order valence-electron chi connectivity index (χ2n) is 5.56. The number of anilines is 1. The number of para-hydroxylation sites is 1. The molecular formula is C19H21N3O4. The number of ketones is 1. The van der Waals surface area contributed by atoms with Gasteiger partial charge in [-0.3, -0.25) is 4.79 Å². The van der Waals surface area contributed by atoms with Crippen LogP contribution in [0.25, 0.3) is 0 Å². The molecule has 1 unspecified atom stereocenters. The number of allylic oxidation sites excluding steroid dienone is 1. The molecule has 3 N–H and O–H groups in total. The maximum absolute atomic E-state index is 12.8. The summed E-state index contributed by atoms with van der Waals surface area (Å²) in [5.41, 5.74) is 1.81. The summed E-state index contributed by atoms with van der Waals surface area (Å²) in [5.74, 6) is 1.12. The van der Waals surface area contributed by atoms with Crippen molar-refractivity contribution in [1.82, 2.24) is 10.6 Å². The molecule has 0 aliphatic carbocycles. The molecule has 1 atom stereocenters. The number of rotatable bonds is 7. The van der Waals surface area contributed by atoms with Crippen molar-refractivity contribution in [3.8, 4) is 17.2 Å². The number of carbonyl (C=O) groups excluding carboxylic acids is 1. The lowest BCUT2D eigenvalue weighted by molar-refractivity contribution is 0.102. The summed E-state index contributed by atoms with van der Waals surface area (Å²) in [6.45, 7) is 0. The molecule has 0 spiro atoms. The van der Waals surface area contributed by atoms with Gasteiger partial charge in [-0.15, -0.1) is 0 Å². The fourth-order valence-electron chi connectivity index (χ4n) is 2.68. The third-order valence-electron chi connectivity index (χ3n) is 3.95. The van der Waals surface area contributed by atoms with E-state index < -0.39 is 0 Å². The van der Waals surface area contributed by atoms with E-state index in [0.717, 1.165) is 5.69 Å². The molecule has 0 saturated carbocycles. The van der Waals surface area contributed by atoms with Crippen LogP contribution in [0.1, 0.15) is 10.4 Å². The molecule has 1 aliphatic rings. The number of benzene rings is 2. The van der Waals surface area contributed by atoms with E-state index in [1.54, 1.807) is 18.3 Å². The van der Waals surface area contributed by atoms with E-state index in [4.69, 9.17) is 14.2 Å². The summed E-state index contributed by atoms with van der Waals surface area (Å²) >= 11 is 0. The topological polar surface area (TPSA) is 80.9 Å². The van der Waals surface area contributed by atoms with Crippen LogP contribution in [0.5, 0.6) is 17.2 Å². The second kappa shape index (κ2) is 7.69. The van der Waals surface area contributed by atoms with E-state index in [9.17, 15) is 4.79 Å². The van der Waals surface area contributed by atoms with E-state index in [1.807, 2.05) is 30.3 Å². The van der Waals surface area contributed by atoms with Gasteiger partial charge in [0.15, 0.2) is 17.8 Å². The van der Waals surface area contributed by atoms with Gasteiger partial charge in [0.05, 0.1) is 21.3 Å². The monoisotopic (exact) mass is 355 g/mol. The Morgan fingerprint density at radius 1 is 1.00 bits per heavy atom. The Bertz CT molecular complexity index is 796. The Morgan fingerprint density at radius 2 is 1.65 bits per heavy atom. The first-order valence-electron chi connectivity index (χ1n) is 8.05. The summed E-state index contributed by atoms with van der Waals surface area (Å²) in [7, 11) is 4.55. The zero-order valence-corrected chi connectivity index (χ0v) is 14.8. The van der Waals surface area contributed by atoms with Crippen LogP contribution >= 0.6 is 0 Å². The smallest absolute Gasteiger partial charge is 0.210 e. The molecular weight excluding hydrogens is 334 g/mol. The van der Waals surface area contributed by atoms with E-state index >= 15 is 0 Å². The molecule has 26 heavy (non-hydrogen) atoms. The lowest BCUT2D eigenvalue weighted by Gasteiger charge is -2.17. The van der Waals surface area contributed by atoms with Gasteiger partial charge in [-0.25, -0.2) is 0 Å². The maximum Gasteiger partial charge on any atom is 0.210 e. The molecule has 0 amide bonds. The summed E-state index contributed by atoms with van der Waals surface area (Å²) < 4.78 is 15.9. The number of hydrogen-bond acceptors (Lipinski definition) is 7. The molecule has 2 aromatic carbocycles. The van der Waals surface area contributed by atoms with Gasteiger partial charge < -0.3 is 30.2 Å². The van der Waals surface area contributed by atoms with Crippen LogP contribution in [0.4, 0.5) is 5.69 Å². The van der Waals surface area contributed by atoms with Crippen LogP contribution in [0.3, 0.4) is 0 Å². The van der Waals surface area contributed by atoms with Gasteiger partial charge in [0.1, 0.15) is 5.70 Å². The Balaban J connectivity index is 1.76. The summed E-state index contributed by atoms with van der Waals surface area (Å²) in [6.07, 6.45) is 1.37. The van der Waals surface area contributed by atoms with E-state index in [2.05, 4.69) is 16.0 Å². The van der Waals surface area contributed by atoms with Crippen molar-refractivity contribution in [1.29, 1.82) is 0 Å². The molecule has 136 valence electrons. The summed E-state index contributed by atoms with van der Waals surface area (Å²) in [5, 5.41) is 9.46. The molecule has 3 rings (SSSR count). The lowest BCUT2D eigenvalue weighted by Crippen LogP contribution is -2.40. The highest BCUT2D eigenvalue weighted by molar-refractivity contribution is 6.09. The first kappa shape index (κ1) is 17.5. The van der Waals surface area contributed by atoms with Gasteiger partial charge in [0.25, 0.3) is 0 Å². The summed E-state index contributed by atoms with van der Waals surface area (Å²) in [6, 6.07) is 13.0. The van der Waals surface area contributed by atoms with Crippen LogP contribution in [-0.4, -0.2) is 33.4 Å². The highest BCUT2D eigenvalue weighted by Crippen LogP contribution is 2.38. The van der Waals surface area contributed by atoms with Crippen LogP contribution in [0, 0.1) is 0 Å². The van der Waals surface area contributed by atoms with Crippen molar-refractivity contribution in [3.63, 3.8) is 0 Å². The standard InChI is InChI=1S/C19H21N3O4/c1-24-15-9-12(10-16(25-2)18(15)26-3)17(23)14-11-20-19(22-14)21-13-7-5-4-6-8-13/h4-11,19-22H,1-3H3. The van der Waals surface area contributed by atoms with Crippen molar-refractivity contribution in [2.24, 2.45) is 0 Å². The first-order chi connectivity index (χ1) is 12.7. The molecule has 0 radical (unpaired) electrons. The fraction of sp³-hybridized carbons (Fsp3) is 0.211. The average Bonchev–Trinajstić information content (AvgIpc) is 3.15. The molecule has 7 heteroatoms. The van der Waals surface area contributed by atoms with Crippen LogP contribution in [0.2, 0.25) is 0 Å². The van der Waals surface area contributed by atoms with Crippen LogP contribution < -0.4 is 30.2 Å². The van der Waals surface area contributed by atoms with Gasteiger partial charge in [-0.2, -0.15) is 0 Å². The number of Topliss-reactive ketones (excluding diaryl/α,β-unsaturated/α-hetero) is 1. The third kappa shape index (κ3) is 3.51. The van der Waals surface area contributed by atoms with Gasteiger partial charge in [-0.1, -0.05) is 18.2 Å². The number of nitrogens with one attached hydrogen (secondary N) is 3. The van der Waals surface area contributed by atoms with E-state index in [0.29, 0.717) is 28.5 Å². The van der Waals surface area contributed by atoms with Crippen LogP contribution in [-0.2, 0) is 0 Å². The van der Waals surface area contributed by atoms with Gasteiger partial charge in [-0.05, 0) is 24.3 Å². The SMILES string of the molecule is COc1cc(C(=O)C2=CNC(Nc3ccccc3)N2)cc(OC)c1OC. The predicted molar refractivity (Wildman–Crippen MR) is 98.6 cm³/mol. The van der Waals surface area contributed by atoms with Crippen molar-refractivity contribution in [2.75, 3.05) is 26.6 Å². The molecule has 0 bridgehead atoms. The van der Waals surface area contributed by atoms with Crippen molar-refractivity contribution in [3.05, 3.63) is 59.9 Å². The van der Waals surface area contributed by atoms with Gasteiger partial charge in [0.2, 0.25) is 11.5 Å². The van der Waals surface area contributed by atoms with E-state index in [1.165, 1.54) is 21.3 Å². The molecule has 7 nitrogen and oxygen atoms in total. The quantitative estimate of drug-likeness (QED) is 0.658. The minimum absolute atomic E-state index is 0.186. The highest BCUT2D eigenvalue weighted by atomic mass is 16.5. The minimum Gasteiger partial charge on any atom is -0.493 e. The first-order valence-corrected chi connectivity index (χ1v) is 8.05. The average molecular weight is 355 g/mol. The Morgan fingerprint density at radius 3 is 2.23 bits per heavy atom. The molecule has 2 aromatic rings. The Hall–Kier alpha value is -3.35. The minimum atomic E-state index is -0.279. The van der Waals surface area contributed by atoms with Crippen molar-refractivity contribution < 1.29 is 19.0 Å². The molecule has 0 saturated heterocycles.